The van der Waals surface area contributed by atoms with Gasteiger partial charge in [-0.25, -0.2) is 0 Å². The number of carbonyl (C=O) groups is 2. The first-order chi connectivity index (χ1) is 9.56. The zero-order chi connectivity index (χ0) is 14.6. The van der Waals surface area contributed by atoms with Gasteiger partial charge in [0.25, 0.3) is 0 Å². The summed E-state index contributed by atoms with van der Waals surface area (Å²) < 4.78 is 0. The van der Waals surface area contributed by atoms with Gasteiger partial charge in [-0.3, -0.25) is 9.59 Å². The summed E-state index contributed by atoms with van der Waals surface area (Å²) in [4.78, 5) is 27.5. The molecule has 0 bridgehead atoms. The van der Waals surface area contributed by atoms with Gasteiger partial charge >= 0.3 is 0 Å². The third-order valence-corrected chi connectivity index (χ3v) is 4.95. The standard InChI is InChI=1S/C15H27N3O2.ClH/c1-13(19)17-7-9-18(10-8-17)14(20)11-15(12-16)5-3-2-4-6-15;/h2-12,16H2,1H3;1H. The molecule has 5 nitrogen and oxygen atoms in total. The van der Waals surface area contributed by atoms with Gasteiger partial charge in [0.2, 0.25) is 11.8 Å². The maximum atomic E-state index is 12.5. The second-order valence-corrected chi connectivity index (χ2v) is 6.33. The molecular weight excluding hydrogens is 290 g/mol. The van der Waals surface area contributed by atoms with Crippen LogP contribution in [0.25, 0.3) is 0 Å². The molecule has 2 N–H and O–H groups in total. The Balaban J connectivity index is 0.00000220. The summed E-state index contributed by atoms with van der Waals surface area (Å²) in [5.74, 6) is 0.323. The van der Waals surface area contributed by atoms with Crippen LogP contribution >= 0.6 is 12.4 Å². The van der Waals surface area contributed by atoms with E-state index in [0.717, 1.165) is 12.8 Å². The number of halogens is 1. The van der Waals surface area contributed by atoms with Gasteiger partial charge < -0.3 is 15.5 Å². The van der Waals surface area contributed by atoms with Gasteiger partial charge in [-0.1, -0.05) is 19.3 Å². The van der Waals surface area contributed by atoms with Crippen molar-refractivity contribution in [1.29, 1.82) is 0 Å². The van der Waals surface area contributed by atoms with Gasteiger partial charge in [-0.2, -0.15) is 0 Å². The highest BCUT2D eigenvalue weighted by atomic mass is 35.5. The Hall–Kier alpha value is -0.810. The number of hydrogen-bond acceptors (Lipinski definition) is 3. The minimum Gasteiger partial charge on any atom is -0.339 e. The first-order valence-corrected chi connectivity index (χ1v) is 7.80. The van der Waals surface area contributed by atoms with E-state index >= 15 is 0 Å². The molecule has 0 radical (unpaired) electrons. The Morgan fingerprint density at radius 1 is 1.00 bits per heavy atom. The van der Waals surface area contributed by atoms with E-state index in [1.54, 1.807) is 6.92 Å². The van der Waals surface area contributed by atoms with Crippen molar-refractivity contribution >= 4 is 24.2 Å². The van der Waals surface area contributed by atoms with E-state index in [4.69, 9.17) is 5.73 Å². The zero-order valence-corrected chi connectivity index (χ0v) is 13.8. The van der Waals surface area contributed by atoms with Crippen LogP contribution in [0.5, 0.6) is 0 Å². The van der Waals surface area contributed by atoms with Crippen LogP contribution < -0.4 is 5.73 Å². The molecule has 0 atom stereocenters. The lowest BCUT2D eigenvalue weighted by atomic mass is 9.71. The zero-order valence-electron chi connectivity index (χ0n) is 13.0. The molecule has 1 aliphatic heterocycles. The van der Waals surface area contributed by atoms with Crippen molar-refractivity contribution in [1.82, 2.24) is 9.80 Å². The molecule has 0 aromatic carbocycles. The van der Waals surface area contributed by atoms with Crippen LogP contribution in [-0.4, -0.2) is 54.3 Å². The van der Waals surface area contributed by atoms with Crippen molar-refractivity contribution in [2.24, 2.45) is 11.1 Å². The van der Waals surface area contributed by atoms with Crippen molar-refractivity contribution in [2.45, 2.75) is 45.4 Å². The first kappa shape index (κ1) is 18.2. The van der Waals surface area contributed by atoms with E-state index < -0.39 is 0 Å². The fourth-order valence-electron chi connectivity index (χ4n) is 3.46. The maximum absolute atomic E-state index is 12.5. The fraction of sp³-hybridized carbons (Fsp3) is 0.867. The lowest BCUT2D eigenvalue weighted by Gasteiger charge is -2.39. The number of nitrogens with two attached hydrogens (primary N) is 1. The summed E-state index contributed by atoms with van der Waals surface area (Å²) >= 11 is 0. The minimum absolute atomic E-state index is 0. The van der Waals surface area contributed by atoms with E-state index in [9.17, 15) is 9.59 Å². The van der Waals surface area contributed by atoms with Crippen LogP contribution in [0, 0.1) is 5.41 Å². The van der Waals surface area contributed by atoms with Gasteiger partial charge in [0, 0.05) is 39.5 Å². The summed E-state index contributed by atoms with van der Waals surface area (Å²) in [7, 11) is 0. The van der Waals surface area contributed by atoms with Crippen LogP contribution in [0.4, 0.5) is 0 Å². The summed E-state index contributed by atoms with van der Waals surface area (Å²) in [5.41, 5.74) is 5.99. The molecule has 2 rings (SSSR count). The van der Waals surface area contributed by atoms with E-state index in [1.807, 2.05) is 9.80 Å². The van der Waals surface area contributed by atoms with Crippen LogP contribution in [0.15, 0.2) is 0 Å². The average molecular weight is 318 g/mol. The summed E-state index contributed by atoms with van der Waals surface area (Å²) in [6.07, 6.45) is 6.42. The number of rotatable bonds is 3. The first-order valence-electron chi connectivity index (χ1n) is 7.80. The second kappa shape index (κ2) is 7.99. The predicted molar refractivity (Wildman–Crippen MR) is 85.3 cm³/mol. The predicted octanol–water partition coefficient (Wildman–Crippen LogP) is 1.40. The lowest BCUT2D eigenvalue weighted by Crippen LogP contribution is -2.51. The van der Waals surface area contributed by atoms with Gasteiger partial charge in [-0.05, 0) is 24.8 Å². The minimum atomic E-state index is 0. The molecule has 1 saturated carbocycles. The average Bonchev–Trinajstić information content (AvgIpc) is 2.48. The van der Waals surface area contributed by atoms with Gasteiger partial charge in [0.1, 0.15) is 0 Å². The SMILES string of the molecule is CC(=O)N1CCN(C(=O)CC2(CN)CCCCC2)CC1.Cl. The van der Waals surface area contributed by atoms with Crippen LogP contribution in [0.3, 0.4) is 0 Å². The molecule has 2 aliphatic rings. The fourth-order valence-corrected chi connectivity index (χ4v) is 3.46. The Bertz CT molecular complexity index is 362. The lowest BCUT2D eigenvalue weighted by molar-refractivity contribution is -0.140. The Morgan fingerprint density at radius 3 is 2.00 bits per heavy atom. The van der Waals surface area contributed by atoms with E-state index in [-0.39, 0.29) is 29.6 Å². The number of piperazine rings is 1. The molecule has 21 heavy (non-hydrogen) atoms. The van der Waals surface area contributed by atoms with Crippen molar-refractivity contribution in [2.75, 3.05) is 32.7 Å². The van der Waals surface area contributed by atoms with Crippen molar-refractivity contribution in [3.8, 4) is 0 Å². The molecule has 2 fully saturated rings. The van der Waals surface area contributed by atoms with E-state index in [0.29, 0.717) is 39.1 Å². The molecule has 1 heterocycles. The quantitative estimate of drug-likeness (QED) is 0.855. The molecule has 0 aromatic rings. The van der Waals surface area contributed by atoms with E-state index in [2.05, 4.69) is 0 Å². The third kappa shape index (κ3) is 4.58. The van der Waals surface area contributed by atoms with Crippen LogP contribution in [-0.2, 0) is 9.59 Å². The van der Waals surface area contributed by atoms with Crippen molar-refractivity contribution in [3.05, 3.63) is 0 Å². The second-order valence-electron chi connectivity index (χ2n) is 6.33. The molecular formula is C15H28ClN3O2. The number of nitrogens with zero attached hydrogens (tertiary/aromatic N) is 2. The van der Waals surface area contributed by atoms with E-state index in [1.165, 1.54) is 19.3 Å². The van der Waals surface area contributed by atoms with Gasteiger partial charge in [0.05, 0.1) is 0 Å². The van der Waals surface area contributed by atoms with Crippen molar-refractivity contribution in [3.63, 3.8) is 0 Å². The van der Waals surface area contributed by atoms with Crippen molar-refractivity contribution < 1.29 is 9.59 Å². The highest BCUT2D eigenvalue weighted by molar-refractivity contribution is 5.85. The Labute approximate surface area is 133 Å². The van der Waals surface area contributed by atoms with Crippen LogP contribution in [0.1, 0.15) is 45.4 Å². The smallest absolute Gasteiger partial charge is 0.223 e. The number of hydrogen-bond donors (Lipinski definition) is 1. The third-order valence-electron chi connectivity index (χ3n) is 4.95. The topological polar surface area (TPSA) is 66.6 Å². The molecule has 6 heteroatoms. The number of amides is 2. The summed E-state index contributed by atoms with van der Waals surface area (Å²) in [5, 5.41) is 0. The Morgan fingerprint density at radius 2 is 1.52 bits per heavy atom. The summed E-state index contributed by atoms with van der Waals surface area (Å²) in [6, 6.07) is 0. The normalized spacial score (nSPS) is 21.6. The molecule has 0 spiro atoms. The molecule has 1 aliphatic carbocycles. The summed E-state index contributed by atoms with van der Waals surface area (Å²) in [6.45, 7) is 4.86. The largest absolute Gasteiger partial charge is 0.339 e. The Kier molecular flexibility index (Phi) is 6.94. The number of carbonyl (C=O) groups excluding carboxylic acids is 2. The highest BCUT2D eigenvalue weighted by Crippen LogP contribution is 2.38. The highest BCUT2D eigenvalue weighted by Gasteiger charge is 2.35. The molecule has 0 aromatic heterocycles. The maximum Gasteiger partial charge on any atom is 0.223 e. The monoisotopic (exact) mass is 317 g/mol. The van der Waals surface area contributed by atoms with Gasteiger partial charge in [0.15, 0.2) is 0 Å². The molecule has 122 valence electrons. The molecule has 1 saturated heterocycles. The van der Waals surface area contributed by atoms with Crippen LogP contribution in [0.2, 0.25) is 0 Å². The molecule has 2 amide bonds. The van der Waals surface area contributed by atoms with Gasteiger partial charge in [-0.15, -0.1) is 12.4 Å². The molecule has 0 unspecified atom stereocenters.